The van der Waals surface area contributed by atoms with Crippen molar-refractivity contribution in [2.45, 2.75) is 0 Å². The summed E-state index contributed by atoms with van der Waals surface area (Å²) in [6.45, 7) is 0. The van der Waals surface area contributed by atoms with Crippen LogP contribution in [0.5, 0.6) is 0 Å². The summed E-state index contributed by atoms with van der Waals surface area (Å²) in [5, 5.41) is 0.549. The van der Waals surface area contributed by atoms with Crippen molar-refractivity contribution >= 4 is 41.1 Å². The van der Waals surface area contributed by atoms with Crippen molar-refractivity contribution in [1.82, 2.24) is 0 Å². The third-order valence-corrected chi connectivity index (χ3v) is 5.50. The van der Waals surface area contributed by atoms with Crippen LogP contribution in [0.2, 0.25) is 10.0 Å². The Bertz CT molecular complexity index is 544. The van der Waals surface area contributed by atoms with Crippen molar-refractivity contribution in [1.29, 1.82) is 0 Å². The van der Waals surface area contributed by atoms with Gasteiger partial charge in [-0.05, 0) is 0 Å². The zero-order valence-electron chi connectivity index (χ0n) is 9.16. The fourth-order valence-electron chi connectivity index (χ4n) is 1.61. The molecule has 96 valence electrons. The van der Waals surface area contributed by atoms with Crippen LogP contribution in [0.25, 0.3) is 0 Å². The Morgan fingerprint density at radius 3 is 1.44 bits per heavy atom. The van der Waals surface area contributed by atoms with Gasteiger partial charge >= 0.3 is 114 Å². The third kappa shape index (κ3) is 2.52. The minimum absolute atomic E-state index is 0.0317. The summed E-state index contributed by atoms with van der Waals surface area (Å²) in [6, 6.07) is 11.7. The quantitative estimate of drug-likeness (QED) is 0.746. The Labute approximate surface area is 114 Å². The molecule has 0 aliphatic rings. The van der Waals surface area contributed by atoms with E-state index in [1.165, 1.54) is 36.4 Å². The van der Waals surface area contributed by atoms with E-state index in [4.69, 9.17) is 23.2 Å². The first-order chi connectivity index (χ1) is 8.28. The van der Waals surface area contributed by atoms with Crippen molar-refractivity contribution < 1.29 is 14.7 Å². The molecule has 3 N–H and O–H groups in total. The topological polar surface area (TPSA) is 60.7 Å². The van der Waals surface area contributed by atoms with E-state index < -0.39 is 7.28 Å². The summed E-state index contributed by atoms with van der Waals surface area (Å²) in [7, 11) is -5.17. The second-order valence-corrected chi connectivity index (χ2v) is 7.81. The van der Waals surface area contributed by atoms with E-state index in [0.29, 0.717) is 10.0 Å². The first-order valence-electron chi connectivity index (χ1n) is 5.07. The summed E-state index contributed by atoms with van der Waals surface area (Å²) in [6.07, 6.45) is 0. The molecule has 0 bridgehead atoms. The Balaban J connectivity index is 2.64. The van der Waals surface area contributed by atoms with Crippen LogP contribution in [0.1, 0.15) is 0 Å². The standard InChI is InChI=1S/C12H11Cl2O3P/c13-9-3-1-5-11(7-9)18(15,16,17)12-6-2-4-10(14)8-12/h1-8,15-17H. The van der Waals surface area contributed by atoms with Gasteiger partial charge in [0.2, 0.25) is 0 Å². The predicted molar refractivity (Wildman–Crippen MR) is 75.7 cm³/mol. The minimum atomic E-state index is -5.17. The summed E-state index contributed by atoms with van der Waals surface area (Å²) in [5.41, 5.74) is 0. The van der Waals surface area contributed by atoms with E-state index in [1.54, 1.807) is 12.1 Å². The Kier molecular flexibility index (Phi) is 3.41. The molecule has 0 atom stereocenters. The van der Waals surface area contributed by atoms with Crippen LogP contribution < -0.4 is 10.6 Å². The van der Waals surface area contributed by atoms with Crippen molar-refractivity contribution in [2.24, 2.45) is 0 Å². The monoisotopic (exact) mass is 304 g/mol. The molecule has 0 spiro atoms. The third-order valence-electron chi connectivity index (χ3n) is 2.57. The van der Waals surface area contributed by atoms with E-state index in [2.05, 4.69) is 0 Å². The molecule has 18 heavy (non-hydrogen) atoms. The van der Waals surface area contributed by atoms with Gasteiger partial charge in [-0.1, -0.05) is 0 Å². The molecule has 2 aromatic carbocycles. The zero-order chi connectivity index (χ0) is 13.4. The van der Waals surface area contributed by atoms with Crippen LogP contribution >= 0.6 is 30.5 Å². The van der Waals surface area contributed by atoms with Crippen LogP contribution in [-0.4, -0.2) is 14.7 Å². The molecule has 0 amide bonds. The maximum absolute atomic E-state index is 10.3. The first kappa shape index (κ1) is 13.8. The molecule has 3 nitrogen and oxygen atoms in total. The fourth-order valence-corrected chi connectivity index (χ4v) is 3.92. The van der Waals surface area contributed by atoms with Gasteiger partial charge in [-0.2, -0.15) is 0 Å². The summed E-state index contributed by atoms with van der Waals surface area (Å²) < 4.78 is 0. The maximum atomic E-state index is 10.3. The number of hydrogen-bond acceptors (Lipinski definition) is 3. The molecule has 0 fully saturated rings. The number of benzene rings is 2. The van der Waals surface area contributed by atoms with Crippen LogP contribution in [0, 0.1) is 0 Å². The average Bonchev–Trinajstić information content (AvgIpc) is 2.28. The summed E-state index contributed by atoms with van der Waals surface area (Å²) in [5.74, 6) is 0. The van der Waals surface area contributed by atoms with Gasteiger partial charge in [0, 0.05) is 0 Å². The van der Waals surface area contributed by atoms with Crippen LogP contribution in [0.3, 0.4) is 0 Å². The molecule has 0 aliphatic carbocycles. The Morgan fingerprint density at radius 2 is 1.11 bits per heavy atom. The summed E-state index contributed by atoms with van der Waals surface area (Å²) >= 11 is 11.6. The molecule has 0 unspecified atom stereocenters. The predicted octanol–water partition coefficient (Wildman–Crippen LogP) is 2.22. The van der Waals surface area contributed by atoms with Crippen molar-refractivity contribution in [3.05, 3.63) is 58.6 Å². The van der Waals surface area contributed by atoms with E-state index in [9.17, 15) is 14.7 Å². The van der Waals surface area contributed by atoms with Crippen LogP contribution in [0.15, 0.2) is 48.5 Å². The molecule has 0 aliphatic heterocycles. The van der Waals surface area contributed by atoms with E-state index in [1.807, 2.05) is 0 Å². The Hall–Kier alpha value is -0.670. The Morgan fingerprint density at radius 1 is 0.722 bits per heavy atom. The molecule has 0 saturated carbocycles. The van der Waals surface area contributed by atoms with Crippen molar-refractivity contribution in [3.8, 4) is 0 Å². The first-order valence-corrected chi connectivity index (χ1v) is 7.92. The fraction of sp³-hybridized carbons (Fsp3) is 0. The normalized spacial score (nSPS) is 13.9. The van der Waals surface area contributed by atoms with Gasteiger partial charge in [0.1, 0.15) is 0 Å². The molecule has 0 saturated heterocycles. The van der Waals surface area contributed by atoms with Crippen molar-refractivity contribution in [2.75, 3.05) is 0 Å². The zero-order valence-corrected chi connectivity index (χ0v) is 11.6. The SMILES string of the molecule is OP(O)(O)(c1cccc(Cl)c1)c1cccc(Cl)c1. The van der Waals surface area contributed by atoms with Gasteiger partial charge in [0.25, 0.3) is 0 Å². The van der Waals surface area contributed by atoms with E-state index >= 15 is 0 Å². The molecule has 0 radical (unpaired) electrons. The molecule has 2 rings (SSSR count). The molecular formula is C12H11Cl2O3P. The van der Waals surface area contributed by atoms with Gasteiger partial charge in [-0.3, -0.25) is 0 Å². The van der Waals surface area contributed by atoms with E-state index in [0.717, 1.165) is 0 Å². The van der Waals surface area contributed by atoms with Gasteiger partial charge in [-0.25, -0.2) is 0 Å². The second kappa shape index (κ2) is 4.46. The molecule has 0 heterocycles. The van der Waals surface area contributed by atoms with E-state index in [-0.39, 0.29) is 10.6 Å². The average molecular weight is 305 g/mol. The van der Waals surface area contributed by atoms with Gasteiger partial charge in [0.15, 0.2) is 0 Å². The van der Waals surface area contributed by atoms with Crippen LogP contribution in [0.4, 0.5) is 0 Å². The molecule has 6 heteroatoms. The van der Waals surface area contributed by atoms with Gasteiger partial charge in [-0.15, -0.1) is 0 Å². The second-order valence-electron chi connectivity index (χ2n) is 3.94. The number of hydrogen-bond donors (Lipinski definition) is 3. The summed E-state index contributed by atoms with van der Waals surface area (Å²) in [4.78, 5) is 30.9. The molecule has 2 aromatic rings. The molecule has 0 aromatic heterocycles. The molecular weight excluding hydrogens is 294 g/mol. The van der Waals surface area contributed by atoms with Gasteiger partial charge < -0.3 is 0 Å². The van der Waals surface area contributed by atoms with Gasteiger partial charge in [0.05, 0.1) is 0 Å². The number of rotatable bonds is 2. The van der Waals surface area contributed by atoms with Crippen LogP contribution in [-0.2, 0) is 0 Å². The van der Waals surface area contributed by atoms with Crippen molar-refractivity contribution in [3.63, 3.8) is 0 Å². The number of halogens is 2.